The Kier molecular flexibility index (Phi) is 4.80. The third kappa shape index (κ3) is 3.59. The molecule has 5 aromatic rings. The number of rotatable bonds is 6. The van der Waals surface area contributed by atoms with Crippen molar-refractivity contribution in [1.82, 2.24) is 14.0 Å². The molecule has 152 valence electrons. The first-order valence-electron chi connectivity index (χ1n) is 10.1. The van der Waals surface area contributed by atoms with Crippen molar-refractivity contribution < 1.29 is 4.79 Å². The zero-order valence-corrected chi connectivity index (χ0v) is 16.7. The number of hydrogen-bond donors (Lipinski definition) is 1. The highest BCUT2D eigenvalue weighted by atomic mass is 16.1. The highest BCUT2D eigenvalue weighted by molar-refractivity contribution is 5.96. The fourth-order valence-electron chi connectivity index (χ4n) is 3.75. The molecule has 0 saturated carbocycles. The fraction of sp³-hybridized carbons (Fsp3) is 0.0800. The SMILES string of the molecule is O=C(Cn1c(=O)c2ccccc2n2cncc12)c1ccc(NCc2ccccc2)cc1. The third-order valence-corrected chi connectivity index (χ3v) is 5.38. The number of hydrogen-bond acceptors (Lipinski definition) is 4. The molecule has 0 aliphatic rings. The number of ketones is 1. The standard InChI is InChI=1S/C25H20N4O2/c30-23(19-10-12-20(13-11-19)27-14-18-6-2-1-3-7-18)16-28-24-15-26-17-29(24)22-9-5-4-8-21(22)25(28)31/h1-13,15,17,27H,14,16H2. The maximum absolute atomic E-state index is 13.0. The number of carbonyl (C=O) groups excluding carboxylic acids is 1. The van der Waals surface area contributed by atoms with E-state index in [4.69, 9.17) is 0 Å². The quantitative estimate of drug-likeness (QED) is 0.429. The van der Waals surface area contributed by atoms with Crippen molar-refractivity contribution in [3.05, 3.63) is 113 Å². The number of aromatic nitrogens is 3. The molecule has 2 aromatic heterocycles. The third-order valence-electron chi connectivity index (χ3n) is 5.38. The van der Waals surface area contributed by atoms with Crippen molar-refractivity contribution >= 4 is 28.0 Å². The first-order chi connectivity index (χ1) is 15.2. The van der Waals surface area contributed by atoms with Crippen LogP contribution in [0.4, 0.5) is 5.69 Å². The Labute approximate surface area is 178 Å². The van der Waals surface area contributed by atoms with Crippen LogP contribution in [0.5, 0.6) is 0 Å². The molecule has 0 atom stereocenters. The number of imidazole rings is 1. The molecule has 0 saturated heterocycles. The van der Waals surface area contributed by atoms with E-state index in [2.05, 4.69) is 22.4 Å². The van der Waals surface area contributed by atoms with E-state index >= 15 is 0 Å². The Morgan fingerprint density at radius 1 is 0.903 bits per heavy atom. The van der Waals surface area contributed by atoms with Gasteiger partial charge in [0, 0.05) is 17.8 Å². The Morgan fingerprint density at radius 2 is 1.65 bits per heavy atom. The van der Waals surface area contributed by atoms with Crippen LogP contribution < -0.4 is 10.9 Å². The van der Waals surface area contributed by atoms with Crippen LogP contribution in [0.1, 0.15) is 15.9 Å². The van der Waals surface area contributed by atoms with Crippen molar-refractivity contribution in [1.29, 1.82) is 0 Å². The highest BCUT2D eigenvalue weighted by Crippen LogP contribution is 2.15. The summed E-state index contributed by atoms with van der Waals surface area (Å²) in [6, 6.07) is 24.8. The van der Waals surface area contributed by atoms with Crippen molar-refractivity contribution in [2.45, 2.75) is 13.1 Å². The molecular weight excluding hydrogens is 388 g/mol. The van der Waals surface area contributed by atoms with Crippen LogP contribution in [-0.4, -0.2) is 19.7 Å². The van der Waals surface area contributed by atoms with Gasteiger partial charge in [-0.3, -0.25) is 18.6 Å². The summed E-state index contributed by atoms with van der Waals surface area (Å²) in [4.78, 5) is 30.2. The van der Waals surface area contributed by atoms with Gasteiger partial charge in [0.1, 0.15) is 12.0 Å². The summed E-state index contributed by atoms with van der Waals surface area (Å²) in [6.45, 7) is 0.662. The summed E-state index contributed by atoms with van der Waals surface area (Å²) in [5.74, 6) is -0.130. The van der Waals surface area contributed by atoms with Crippen molar-refractivity contribution in [3.8, 4) is 0 Å². The molecule has 0 amide bonds. The Morgan fingerprint density at radius 3 is 2.45 bits per heavy atom. The van der Waals surface area contributed by atoms with E-state index in [0.717, 1.165) is 11.2 Å². The molecule has 31 heavy (non-hydrogen) atoms. The average molecular weight is 408 g/mol. The predicted molar refractivity (Wildman–Crippen MR) is 121 cm³/mol. The summed E-state index contributed by atoms with van der Waals surface area (Å²) in [5, 5.41) is 3.91. The van der Waals surface area contributed by atoms with Crippen LogP contribution in [0.25, 0.3) is 16.6 Å². The van der Waals surface area contributed by atoms with Crippen molar-refractivity contribution in [2.75, 3.05) is 5.32 Å². The highest BCUT2D eigenvalue weighted by Gasteiger charge is 2.14. The number of anilines is 1. The summed E-state index contributed by atoms with van der Waals surface area (Å²) in [5.41, 5.74) is 3.85. The lowest BCUT2D eigenvalue weighted by molar-refractivity contribution is 0.0972. The van der Waals surface area contributed by atoms with E-state index in [1.165, 1.54) is 10.1 Å². The Bertz CT molecular complexity index is 1430. The van der Waals surface area contributed by atoms with Crippen LogP contribution in [0.15, 0.2) is 96.2 Å². The van der Waals surface area contributed by atoms with E-state index in [1.54, 1.807) is 30.7 Å². The topological polar surface area (TPSA) is 68.4 Å². The smallest absolute Gasteiger partial charge is 0.262 e. The summed E-state index contributed by atoms with van der Waals surface area (Å²) in [6.07, 6.45) is 3.27. The van der Waals surface area contributed by atoms with E-state index in [0.29, 0.717) is 23.1 Å². The number of nitrogens with zero attached hydrogens (tertiary/aromatic N) is 3. The number of benzene rings is 3. The van der Waals surface area contributed by atoms with Gasteiger partial charge < -0.3 is 5.32 Å². The summed E-state index contributed by atoms with van der Waals surface area (Å²) < 4.78 is 3.32. The molecule has 0 radical (unpaired) electrons. The molecule has 6 heteroatoms. The number of para-hydroxylation sites is 1. The molecule has 0 aliphatic heterocycles. The molecular formula is C25H20N4O2. The van der Waals surface area contributed by atoms with Crippen molar-refractivity contribution in [2.24, 2.45) is 0 Å². The minimum atomic E-state index is -0.196. The monoisotopic (exact) mass is 408 g/mol. The lowest BCUT2D eigenvalue weighted by Crippen LogP contribution is -2.26. The predicted octanol–water partition coefficient (Wildman–Crippen LogP) is 4.14. The second kappa shape index (κ2) is 7.91. The van der Waals surface area contributed by atoms with Gasteiger partial charge in [0.05, 0.1) is 23.6 Å². The molecule has 0 bridgehead atoms. The summed E-state index contributed by atoms with van der Waals surface area (Å²) >= 11 is 0. The zero-order chi connectivity index (χ0) is 21.2. The number of nitrogens with one attached hydrogen (secondary N) is 1. The molecule has 0 fully saturated rings. The number of carbonyl (C=O) groups is 1. The molecule has 5 rings (SSSR count). The molecule has 0 spiro atoms. The van der Waals surface area contributed by atoms with Gasteiger partial charge in [0.25, 0.3) is 5.56 Å². The van der Waals surface area contributed by atoms with Gasteiger partial charge in [-0.2, -0.15) is 0 Å². The molecule has 3 aromatic carbocycles. The van der Waals surface area contributed by atoms with Crippen LogP contribution >= 0.6 is 0 Å². The van der Waals surface area contributed by atoms with Crippen LogP contribution in [0.2, 0.25) is 0 Å². The maximum Gasteiger partial charge on any atom is 0.262 e. The second-order valence-electron chi connectivity index (χ2n) is 7.37. The van der Waals surface area contributed by atoms with Gasteiger partial charge in [0.15, 0.2) is 5.78 Å². The van der Waals surface area contributed by atoms with E-state index in [-0.39, 0.29) is 17.9 Å². The van der Waals surface area contributed by atoms with Gasteiger partial charge in [-0.05, 0) is 42.0 Å². The minimum Gasteiger partial charge on any atom is -0.381 e. The van der Waals surface area contributed by atoms with E-state index in [9.17, 15) is 9.59 Å². The maximum atomic E-state index is 13.0. The summed E-state index contributed by atoms with van der Waals surface area (Å²) in [7, 11) is 0. The molecule has 0 unspecified atom stereocenters. The van der Waals surface area contributed by atoms with E-state index < -0.39 is 0 Å². The lowest BCUT2D eigenvalue weighted by Gasteiger charge is -2.11. The molecule has 0 aliphatic carbocycles. The van der Waals surface area contributed by atoms with Gasteiger partial charge in [0.2, 0.25) is 0 Å². The van der Waals surface area contributed by atoms with Crippen LogP contribution in [0.3, 0.4) is 0 Å². The average Bonchev–Trinajstić information content (AvgIpc) is 3.31. The van der Waals surface area contributed by atoms with Crippen molar-refractivity contribution in [3.63, 3.8) is 0 Å². The first kappa shape index (κ1) is 18.8. The number of fused-ring (bicyclic) bond motifs is 3. The molecule has 2 heterocycles. The van der Waals surface area contributed by atoms with Crippen LogP contribution in [-0.2, 0) is 13.1 Å². The van der Waals surface area contributed by atoms with E-state index in [1.807, 2.05) is 52.9 Å². The van der Waals surface area contributed by atoms with Crippen LogP contribution in [0, 0.1) is 0 Å². The number of Topliss-reactive ketones (excluding diaryl/α,β-unsaturated/α-hetero) is 1. The zero-order valence-electron chi connectivity index (χ0n) is 16.7. The largest absolute Gasteiger partial charge is 0.381 e. The molecule has 6 nitrogen and oxygen atoms in total. The Balaban J connectivity index is 1.39. The first-order valence-corrected chi connectivity index (χ1v) is 10.1. The van der Waals surface area contributed by atoms with Gasteiger partial charge >= 0.3 is 0 Å². The van der Waals surface area contributed by atoms with Gasteiger partial charge in [-0.1, -0.05) is 42.5 Å². The second-order valence-corrected chi connectivity index (χ2v) is 7.37. The fourth-order valence-corrected chi connectivity index (χ4v) is 3.75. The Hall–Kier alpha value is -4.19. The molecule has 1 N–H and O–H groups in total. The lowest BCUT2D eigenvalue weighted by atomic mass is 10.1. The normalized spacial score (nSPS) is 11.1. The van der Waals surface area contributed by atoms with Gasteiger partial charge in [-0.25, -0.2) is 4.98 Å². The van der Waals surface area contributed by atoms with Gasteiger partial charge in [-0.15, -0.1) is 0 Å². The minimum absolute atomic E-state index is 0.0460.